The molecular weight excluding hydrogens is 378 g/mol. The van der Waals surface area contributed by atoms with Crippen LogP contribution in [0.15, 0.2) is 36.4 Å². The fourth-order valence-electron chi connectivity index (χ4n) is 3.49. The Kier molecular flexibility index (Phi) is 8.02. The summed E-state index contributed by atoms with van der Waals surface area (Å²) in [4.78, 5) is 26.7. The van der Waals surface area contributed by atoms with E-state index in [-0.39, 0.29) is 30.3 Å². The summed E-state index contributed by atoms with van der Waals surface area (Å²) in [7, 11) is 0. The van der Waals surface area contributed by atoms with E-state index in [0.29, 0.717) is 31.7 Å². The number of nitrogens with zero attached hydrogens (tertiary/aromatic N) is 3. The van der Waals surface area contributed by atoms with Gasteiger partial charge in [-0.2, -0.15) is 5.10 Å². The number of nitrogens with one attached hydrogen (secondary N) is 1. The first-order chi connectivity index (χ1) is 13.1. The number of rotatable bonds is 6. The van der Waals surface area contributed by atoms with Crippen LogP contribution in [0.2, 0.25) is 0 Å². The van der Waals surface area contributed by atoms with Crippen LogP contribution in [0.4, 0.5) is 0 Å². The summed E-state index contributed by atoms with van der Waals surface area (Å²) >= 11 is 0. The lowest BCUT2D eigenvalue weighted by molar-refractivity contribution is -0.121. The topological polar surface area (TPSA) is 93.2 Å². The van der Waals surface area contributed by atoms with Gasteiger partial charge in [-0.1, -0.05) is 18.2 Å². The molecule has 1 unspecified atom stereocenters. The molecule has 1 atom stereocenters. The number of amides is 2. The van der Waals surface area contributed by atoms with Crippen molar-refractivity contribution in [3.05, 3.63) is 47.8 Å². The molecule has 1 fully saturated rings. The first-order valence-electron chi connectivity index (χ1n) is 9.50. The highest BCUT2D eigenvalue weighted by atomic mass is 35.5. The molecule has 1 saturated heterocycles. The van der Waals surface area contributed by atoms with Gasteiger partial charge in [0.25, 0.3) is 5.91 Å². The Hall–Kier alpha value is -2.38. The van der Waals surface area contributed by atoms with E-state index < -0.39 is 0 Å². The first-order valence-corrected chi connectivity index (χ1v) is 9.50. The van der Waals surface area contributed by atoms with Gasteiger partial charge in [0.1, 0.15) is 0 Å². The highest BCUT2D eigenvalue weighted by molar-refractivity contribution is 5.93. The van der Waals surface area contributed by atoms with Gasteiger partial charge in [-0.15, -0.1) is 12.4 Å². The molecule has 3 rings (SSSR count). The van der Waals surface area contributed by atoms with Crippen molar-refractivity contribution in [1.29, 1.82) is 0 Å². The molecule has 1 aromatic carbocycles. The van der Waals surface area contributed by atoms with E-state index in [1.54, 1.807) is 4.68 Å². The van der Waals surface area contributed by atoms with Gasteiger partial charge < -0.3 is 16.0 Å². The molecule has 2 heterocycles. The van der Waals surface area contributed by atoms with Crippen molar-refractivity contribution in [2.24, 2.45) is 5.73 Å². The Morgan fingerprint density at radius 3 is 2.71 bits per heavy atom. The Labute approximate surface area is 171 Å². The van der Waals surface area contributed by atoms with E-state index in [4.69, 9.17) is 5.73 Å². The van der Waals surface area contributed by atoms with Crippen molar-refractivity contribution >= 4 is 24.2 Å². The quantitative estimate of drug-likeness (QED) is 0.769. The zero-order valence-electron chi connectivity index (χ0n) is 16.1. The number of hydrogen-bond acceptors (Lipinski definition) is 4. The fourth-order valence-corrected chi connectivity index (χ4v) is 3.49. The van der Waals surface area contributed by atoms with E-state index in [1.165, 1.54) is 0 Å². The minimum absolute atomic E-state index is 0. The minimum atomic E-state index is -0.0782. The molecule has 2 amide bonds. The zero-order valence-corrected chi connectivity index (χ0v) is 17.0. The fraction of sp³-hybridized carbons (Fsp3) is 0.450. The van der Waals surface area contributed by atoms with E-state index in [0.717, 1.165) is 30.6 Å². The van der Waals surface area contributed by atoms with Crippen LogP contribution in [0, 0.1) is 6.92 Å². The Morgan fingerprint density at radius 1 is 1.25 bits per heavy atom. The van der Waals surface area contributed by atoms with Gasteiger partial charge in [-0.3, -0.25) is 9.59 Å². The summed E-state index contributed by atoms with van der Waals surface area (Å²) in [5.74, 6) is -0.148. The standard InChI is InChI=1S/C20H27N5O2.ClH/c1-15-13-18(23-25(15)16-7-3-2-4-8-16)20(27)24-12-6-5-9-17(24)14-22-19(26)10-11-21;/h2-4,7-8,13,17H,5-6,9-12,14,21H2,1H3,(H,22,26);1H. The first kappa shape index (κ1) is 21.9. The van der Waals surface area contributed by atoms with Crippen molar-refractivity contribution in [1.82, 2.24) is 20.0 Å². The van der Waals surface area contributed by atoms with Crippen LogP contribution in [0.3, 0.4) is 0 Å². The molecule has 1 aliphatic heterocycles. The smallest absolute Gasteiger partial charge is 0.274 e. The number of aryl methyl sites for hydroxylation is 1. The normalized spacial score (nSPS) is 16.4. The second-order valence-corrected chi connectivity index (χ2v) is 6.91. The Bertz CT molecular complexity index is 793. The molecule has 0 saturated carbocycles. The third-order valence-corrected chi connectivity index (χ3v) is 4.90. The van der Waals surface area contributed by atoms with E-state index in [9.17, 15) is 9.59 Å². The van der Waals surface area contributed by atoms with Crippen LogP contribution in [-0.4, -0.2) is 52.2 Å². The number of carbonyl (C=O) groups is 2. The SMILES string of the molecule is Cc1cc(C(=O)N2CCCCC2CNC(=O)CCN)nn1-c1ccccc1.Cl. The number of nitrogens with two attached hydrogens (primary N) is 1. The molecule has 1 aromatic heterocycles. The van der Waals surface area contributed by atoms with Crippen LogP contribution >= 0.6 is 12.4 Å². The molecule has 152 valence electrons. The van der Waals surface area contributed by atoms with Crippen molar-refractivity contribution in [3.63, 3.8) is 0 Å². The van der Waals surface area contributed by atoms with Crippen LogP contribution in [0.5, 0.6) is 0 Å². The average Bonchev–Trinajstić information content (AvgIpc) is 3.08. The molecule has 0 bridgehead atoms. The second-order valence-electron chi connectivity index (χ2n) is 6.91. The third kappa shape index (κ3) is 5.11. The number of benzene rings is 1. The predicted octanol–water partition coefficient (Wildman–Crippen LogP) is 2.06. The Balaban J connectivity index is 0.00000280. The Morgan fingerprint density at radius 2 is 2.00 bits per heavy atom. The van der Waals surface area contributed by atoms with Gasteiger partial charge in [0.05, 0.1) is 5.69 Å². The van der Waals surface area contributed by atoms with E-state index in [2.05, 4.69) is 10.4 Å². The molecule has 28 heavy (non-hydrogen) atoms. The molecule has 1 aliphatic rings. The van der Waals surface area contributed by atoms with E-state index >= 15 is 0 Å². The number of hydrogen-bond donors (Lipinski definition) is 2. The van der Waals surface area contributed by atoms with Gasteiger partial charge in [0, 0.05) is 37.8 Å². The molecule has 7 nitrogen and oxygen atoms in total. The lowest BCUT2D eigenvalue weighted by atomic mass is 10.0. The lowest BCUT2D eigenvalue weighted by Crippen LogP contribution is -2.49. The van der Waals surface area contributed by atoms with Crippen LogP contribution < -0.4 is 11.1 Å². The largest absolute Gasteiger partial charge is 0.354 e. The number of halogens is 1. The van der Waals surface area contributed by atoms with Gasteiger partial charge >= 0.3 is 0 Å². The van der Waals surface area contributed by atoms with Gasteiger partial charge in [-0.25, -0.2) is 4.68 Å². The summed E-state index contributed by atoms with van der Waals surface area (Å²) in [6.45, 7) is 3.42. The van der Waals surface area contributed by atoms with Crippen LogP contribution in [-0.2, 0) is 4.79 Å². The maximum absolute atomic E-state index is 13.1. The molecule has 2 aromatic rings. The van der Waals surface area contributed by atoms with E-state index in [1.807, 2.05) is 48.2 Å². The highest BCUT2D eigenvalue weighted by Crippen LogP contribution is 2.20. The summed E-state index contributed by atoms with van der Waals surface area (Å²) in [6.07, 6.45) is 3.21. The van der Waals surface area contributed by atoms with Crippen molar-refractivity contribution in [3.8, 4) is 5.69 Å². The second kappa shape index (κ2) is 10.2. The highest BCUT2D eigenvalue weighted by Gasteiger charge is 2.29. The molecule has 0 radical (unpaired) electrons. The number of piperidine rings is 1. The number of para-hydroxylation sites is 1. The average molecular weight is 406 g/mol. The summed E-state index contributed by atoms with van der Waals surface area (Å²) in [5, 5.41) is 7.43. The zero-order chi connectivity index (χ0) is 19.2. The maximum Gasteiger partial charge on any atom is 0.274 e. The molecule has 0 spiro atoms. The number of likely N-dealkylation sites (tertiary alicyclic amines) is 1. The maximum atomic E-state index is 13.1. The van der Waals surface area contributed by atoms with Crippen LogP contribution in [0.25, 0.3) is 5.69 Å². The van der Waals surface area contributed by atoms with Crippen molar-refractivity contribution in [2.75, 3.05) is 19.6 Å². The predicted molar refractivity (Wildman–Crippen MR) is 111 cm³/mol. The summed E-state index contributed by atoms with van der Waals surface area (Å²) < 4.78 is 1.79. The molecular formula is C20H28ClN5O2. The van der Waals surface area contributed by atoms with Gasteiger partial charge in [0.15, 0.2) is 5.69 Å². The van der Waals surface area contributed by atoms with Crippen molar-refractivity contribution in [2.45, 2.75) is 38.6 Å². The van der Waals surface area contributed by atoms with Gasteiger partial charge in [0.2, 0.25) is 5.91 Å². The molecule has 8 heteroatoms. The van der Waals surface area contributed by atoms with Crippen LogP contribution in [0.1, 0.15) is 41.9 Å². The number of aromatic nitrogens is 2. The van der Waals surface area contributed by atoms with Gasteiger partial charge in [-0.05, 0) is 44.4 Å². The third-order valence-electron chi connectivity index (χ3n) is 4.90. The summed E-state index contributed by atoms with van der Waals surface area (Å²) in [6, 6.07) is 11.6. The van der Waals surface area contributed by atoms with Crippen molar-refractivity contribution < 1.29 is 9.59 Å². The lowest BCUT2D eigenvalue weighted by Gasteiger charge is -2.35. The molecule has 3 N–H and O–H groups in total. The summed E-state index contributed by atoms with van der Waals surface area (Å²) in [5.41, 5.74) is 7.70. The molecule has 0 aliphatic carbocycles. The number of carbonyl (C=O) groups excluding carboxylic acids is 2. The minimum Gasteiger partial charge on any atom is -0.354 e. The monoisotopic (exact) mass is 405 g/mol.